The summed E-state index contributed by atoms with van der Waals surface area (Å²) in [6.45, 7) is 6.17. The maximum absolute atomic E-state index is 5.95. The van der Waals surface area contributed by atoms with E-state index in [0.29, 0.717) is 41.4 Å². The van der Waals surface area contributed by atoms with Gasteiger partial charge in [0, 0.05) is 31.4 Å². The number of anilines is 3. The molecule has 154 valence electrons. The van der Waals surface area contributed by atoms with Gasteiger partial charge in [-0.05, 0) is 31.7 Å². The van der Waals surface area contributed by atoms with E-state index >= 15 is 0 Å². The standard InChI is InChI=1S/C14H17ClN6O.C3H6O.CH4S/c1-8-7-22-3-2-21(8)13-6-12(17)19-14(20-13)9-4-10(15)18-11(16)5-9;1-2-4-3-1;1-2/h4-6,8H,2-3,7H2,1H3,(H2,16,18)(H2,17,19,20);1-3H2;2H,1H3. The lowest BCUT2D eigenvalue weighted by molar-refractivity contribution is 0.0367. The van der Waals surface area contributed by atoms with Gasteiger partial charge in [0.2, 0.25) is 0 Å². The quantitative estimate of drug-likeness (QED) is 0.496. The Morgan fingerprint density at radius 1 is 1.04 bits per heavy atom. The summed E-state index contributed by atoms with van der Waals surface area (Å²) < 4.78 is 10.2. The van der Waals surface area contributed by atoms with Crippen LogP contribution in [-0.4, -0.2) is 60.2 Å². The molecule has 8 nitrogen and oxygen atoms in total. The number of hydrogen-bond acceptors (Lipinski definition) is 9. The molecular weight excluding hydrogens is 400 g/mol. The number of ether oxygens (including phenoxy) is 2. The van der Waals surface area contributed by atoms with E-state index in [-0.39, 0.29) is 6.04 Å². The van der Waals surface area contributed by atoms with Crippen molar-refractivity contribution in [3.63, 3.8) is 0 Å². The average molecular weight is 427 g/mol. The van der Waals surface area contributed by atoms with E-state index in [2.05, 4.69) is 39.4 Å². The fraction of sp³-hybridized carbons (Fsp3) is 0.500. The second-order valence-electron chi connectivity index (χ2n) is 6.16. The highest BCUT2D eigenvalue weighted by Crippen LogP contribution is 2.26. The van der Waals surface area contributed by atoms with Gasteiger partial charge in [-0.3, -0.25) is 0 Å². The zero-order valence-corrected chi connectivity index (χ0v) is 17.8. The number of morpholine rings is 1. The van der Waals surface area contributed by atoms with Gasteiger partial charge in [0.25, 0.3) is 0 Å². The minimum atomic E-state index is 0.224. The predicted octanol–water partition coefficient (Wildman–Crippen LogP) is 2.53. The Labute approximate surface area is 176 Å². The molecule has 0 spiro atoms. The van der Waals surface area contributed by atoms with Gasteiger partial charge in [-0.25, -0.2) is 15.0 Å². The first kappa shape index (κ1) is 22.5. The van der Waals surface area contributed by atoms with E-state index in [4.69, 9.17) is 32.5 Å². The molecule has 4 rings (SSSR count). The molecule has 0 aliphatic carbocycles. The Balaban J connectivity index is 0.000000406. The van der Waals surface area contributed by atoms with Gasteiger partial charge in [-0.2, -0.15) is 12.6 Å². The van der Waals surface area contributed by atoms with Crippen molar-refractivity contribution in [2.45, 2.75) is 19.4 Å². The highest BCUT2D eigenvalue weighted by atomic mass is 35.5. The molecule has 2 aliphatic rings. The van der Waals surface area contributed by atoms with Crippen LogP contribution in [0.15, 0.2) is 18.2 Å². The normalized spacial score (nSPS) is 18.1. The van der Waals surface area contributed by atoms with Crippen molar-refractivity contribution in [1.29, 1.82) is 0 Å². The summed E-state index contributed by atoms with van der Waals surface area (Å²) in [5.74, 6) is 1.95. The molecule has 0 radical (unpaired) electrons. The Morgan fingerprint density at radius 2 is 1.68 bits per heavy atom. The summed E-state index contributed by atoms with van der Waals surface area (Å²) in [6.07, 6.45) is 2.97. The highest BCUT2D eigenvalue weighted by Gasteiger charge is 2.21. The third-order valence-corrected chi connectivity index (χ3v) is 4.24. The predicted molar refractivity (Wildman–Crippen MR) is 117 cm³/mol. The van der Waals surface area contributed by atoms with E-state index in [1.165, 1.54) is 6.42 Å². The van der Waals surface area contributed by atoms with Crippen molar-refractivity contribution in [3.05, 3.63) is 23.4 Å². The molecule has 2 fully saturated rings. The topological polar surface area (TPSA) is 112 Å². The number of aromatic nitrogens is 3. The molecule has 2 saturated heterocycles. The van der Waals surface area contributed by atoms with E-state index < -0.39 is 0 Å². The lowest BCUT2D eigenvalue weighted by Gasteiger charge is -2.34. The fourth-order valence-corrected chi connectivity index (χ4v) is 2.80. The third kappa shape index (κ3) is 6.37. The van der Waals surface area contributed by atoms with E-state index in [1.807, 2.05) is 0 Å². The number of nitrogen functional groups attached to an aromatic ring is 2. The zero-order chi connectivity index (χ0) is 20.5. The lowest BCUT2D eigenvalue weighted by atomic mass is 10.2. The van der Waals surface area contributed by atoms with Gasteiger partial charge in [-0.15, -0.1) is 0 Å². The summed E-state index contributed by atoms with van der Waals surface area (Å²) in [5.41, 5.74) is 12.4. The number of rotatable bonds is 2. The molecule has 0 amide bonds. The van der Waals surface area contributed by atoms with Crippen molar-refractivity contribution in [1.82, 2.24) is 15.0 Å². The molecule has 0 aromatic carbocycles. The SMILES string of the molecule is C1COC1.CC1COCCN1c1cc(N)nc(-c2cc(N)nc(Cl)c2)n1.CS. The molecule has 2 aliphatic heterocycles. The fourth-order valence-electron chi connectivity index (χ4n) is 2.59. The first-order valence-electron chi connectivity index (χ1n) is 8.98. The molecule has 28 heavy (non-hydrogen) atoms. The van der Waals surface area contributed by atoms with Crippen LogP contribution in [-0.2, 0) is 9.47 Å². The van der Waals surface area contributed by atoms with Crippen LogP contribution in [0, 0.1) is 0 Å². The lowest BCUT2D eigenvalue weighted by Crippen LogP contribution is -2.44. The maximum Gasteiger partial charge on any atom is 0.164 e. The van der Waals surface area contributed by atoms with Crippen LogP contribution in [0.2, 0.25) is 5.15 Å². The zero-order valence-electron chi connectivity index (χ0n) is 16.1. The summed E-state index contributed by atoms with van der Waals surface area (Å²) in [7, 11) is 0. The summed E-state index contributed by atoms with van der Waals surface area (Å²) in [5, 5.41) is 0.294. The number of pyridine rings is 1. The van der Waals surface area contributed by atoms with E-state index in [9.17, 15) is 0 Å². The van der Waals surface area contributed by atoms with Crippen LogP contribution in [0.25, 0.3) is 11.4 Å². The molecule has 2 aromatic heterocycles. The molecular formula is C18H27ClN6O2S. The van der Waals surface area contributed by atoms with Gasteiger partial charge < -0.3 is 25.8 Å². The monoisotopic (exact) mass is 426 g/mol. The Bertz CT molecular complexity index is 739. The Kier molecular flexibility index (Phi) is 9.04. The van der Waals surface area contributed by atoms with Crippen LogP contribution in [0.1, 0.15) is 13.3 Å². The van der Waals surface area contributed by atoms with Gasteiger partial charge >= 0.3 is 0 Å². The molecule has 0 bridgehead atoms. The minimum Gasteiger partial charge on any atom is -0.384 e. The van der Waals surface area contributed by atoms with Crippen LogP contribution in [0.4, 0.5) is 17.5 Å². The van der Waals surface area contributed by atoms with Crippen molar-refractivity contribution in [2.75, 3.05) is 55.6 Å². The van der Waals surface area contributed by atoms with Crippen LogP contribution < -0.4 is 16.4 Å². The van der Waals surface area contributed by atoms with Gasteiger partial charge in [0.05, 0.1) is 19.3 Å². The largest absolute Gasteiger partial charge is 0.384 e. The van der Waals surface area contributed by atoms with Crippen molar-refractivity contribution >= 4 is 41.7 Å². The van der Waals surface area contributed by atoms with Crippen molar-refractivity contribution in [3.8, 4) is 11.4 Å². The summed E-state index contributed by atoms with van der Waals surface area (Å²) in [6, 6.07) is 5.33. The third-order valence-electron chi connectivity index (χ3n) is 4.04. The molecule has 1 unspecified atom stereocenters. The van der Waals surface area contributed by atoms with Crippen molar-refractivity contribution in [2.24, 2.45) is 0 Å². The van der Waals surface area contributed by atoms with Crippen molar-refractivity contribution < 1.29 is 9.47 Å². The second-order valence-corrected chi connectivity index (χ2v) is 6.55. The van der Waals surface area contributed by atoms with E-state index in [0.717, 1.165) is 25.6 Å². The van der Waals surface area contributed by atoms with E-state index in [1.54, 1.807) is 24.5 Å². The number of thiol groups is 1. The molecule has 10 heteroatoms. The van der Waals surface area contributed by atoms with Crippen LogP contribution in [0.3, 0.4) is 0 Å². The summed E-state index contributed by atoms with van der Waals surface area (Å²) >= 11 is 9.47. The Morgan fingerprint density at radius 3 is 2.25 bits per heavy atom. The Hall–Kier alpha value is -1.81. The number of nitrogens with two attached hydrogens (primary N) is 2. The average Bonchev–Trinajstić information content (AvgIpc) is 2.61. The minimum absolute atomic E-state index is 0.224. The smallest absolute Gasteiger partial charge is 0.164 e. The molecule has 1 atom stereocenters. The summed E-state index contributed by atoms with van der Waals surface area (Å²) in [4.78, 5) is 15.0. The molecule has 4 heterocycles. The molecule has 2 aromatic rings. The number of hydrogen-bond donors (Lipinski definition) is 3. The van der Waals surface area contributed by atoms with Gasteiger partial charge in [0.1, 0.15) is 22.6 Å². The first-order chi connectivity index (χ1) is 13.5. The molecule has 0 saturated carbocycles. The first-order valence-corrected chi connectivity index (χ1v) is 10.2. The maximum atomic E-state index is 5.95. The molecule has 4 N–H and O–H groups in total. The highest BCUT2D eigenvalue weighted by molar-refractivity contribution is 7.79. The number of nitrogens with zero attached hydrogens (tertiary/aromatic N) is 4. The van der Waals surface area contributed by atoms with Crippen LogP contribution in [0.5, 0.6) is 0 Å². The van der Waals surface area contributed by atoms with Crippen LogP contribution >= 0.6 is 24.2 Å². The number of halogens is 1. The van der Waals surface area contributed by atoms with Gasteiger partial charge in [0.15, 0.2) is 5.82 Å². The second kappa shape index (κ2) is 11.3. The van der Waals surface area contributed by atoms with Gasteiger partial charge in [-0.1, -0.05) is 11.6 Å².